The third-order valence-corrected chi connectivity index (χ3v) is 5.64. The van der Waals surface area contributed by atoms with Crippen LogP contribution in [-0.4, -0.2) is 53.1 Å². The molecule has 0 aromatic carbocycles. The van der Waals surface area contributed by atoms with Crippen molar-refractivity contribution in [3.8, 4) is 0 Å². The van der Waals surface area contributed by atoms with Crippen LogP contribution < -0.4 is 5.32 Å². The van der Waals surface area contributed by atoms with Gasteiger partial charge in [0.05, 0.1) is 18.8 Å². The van der Waals surface area contributed by atoms with Gasteiger partial charge in [-0.1, -0.05) is 6.42 Å². The number of fused-ring (bicyclic) bond motifs is 2. The molecule has 1 aromatic heterocycles. The summed E-state index contributed by atoms with van der Waals surface area (Å²) in [6.45, 7) is 1.16. The Morgan fingerprint density at radius 2 is 2.00 bits per heavy atom. The minimum Gasteiger partial charge on any atom is -0.378 e. The third-order valence-electron chi connectivity index (χ3n) is 5.64. The molecule has 1 N–H and O–H groups in total. The second-order valence-electron chi connectivity index (χ2n) is 7.28. The van der Waals surface area contributed by atoms with Gasteiger partial charge in [0.25, 0.3) is 5.91 Å². The number of rotatable bonds is 3. The van der Waals surface area contributed by atoms with E-state index in [4.69, 9.17) is 4.74 Å². The Morgan fingerprint density at radius 1 is 1.23 bits per heavy atom. The van der Waals surface area contributed by atoms with Gasteiger partial charge in [0.1, 0.15) is 0 Å². The number of alkyl halides is 3. The molecule has 1 aromatic rings. The van der Waals surface area contributed by atoms with Gasteiger partial charge in [-0.2, -0.15) is 13.2 Å². The van der Waals surface area contributed by atoms with Crippen molar-refractivity contribution in [2.75, 3.05) is 31.6 Å². The standard InChI is InChI=1S/C17H21F3N4O2/c18-17(19,20)14-12(15(25)24-3-5-26-6-4-24)9-21-16(23-14)22-13-8-10-1-2-11(13)7-10/h9-11,13H,1-8H2,(H,21,22,23)/t10-,11+,13+/m1/s1. The van der Waals surface area contributed by atoms with Crippen LogP contribution in [0.5, 0.6) is 0 Å². The normalized spacial score (nSPS) is 28.4. The first kappa shape index (κ1) is 17.5. The Bertz CT molecular complexity index is 691. The molecule has 2 bridgehead atoms. The van der Waals surface area contributed by atoms with E-state index in [0.717, 1.165) is 25.5 Å². The van der Waals surface area contributed by atoms with Gasteiger partial charge in [-0.05, 0) is 31.1 Å². The van der Waals surface area contributed by atoms with Crippen LogP contribution in [-0.2, 0) is 10.9 Å². The fourth-order valence-corrected chi connectivity index (χ4v) is 4.35. The van der Waals surface area contributed by atoms with Gasteiger partial charge in [0.2, 0.25) is 5.95 Å². The zero-order valence-electron chi connectivity index (χ0n) is 14.3. The average molecular weight is 370 g/mol. The van der Waals surface area contributed by atoms with Crippen LogP contribution in [0.4, 0.5) is 19.1 Å². The molecule has 0 radical (unpaired) electrons. The van der Waals surface area contributed by atoms with Gasteiger partial charge >= 0.3 is 6.18 Å². The van der Waals surface area contributed by atoms with Crippen molar-refractivity contribution in [1.29, 1.82) is 0 Å². The first-order chi connectivity index (χ1) is 12.4. The average Bonchev–Trinajstić information content (AvgIpc) is 3.24. The molecule has 3 atom stereocenters. The maximum absolute atomic E-state index is 13.5. The van der Waals surface area contributed by atoms with E-state index in [2.05, 4.69) is 15.3 Å². The lowest BCUT2D eigenvalue weighted by Crippen LogP contribution is -2.41. The third kappa shape index (κ3) is 3.36. The van der Waals surface area contributed by atoms with E-state index in [0.29, 0.717) is 25.0 Å². The predicted octanol–water partition coefficient (Wildman–Crippen LogP) is 2.57. The van der Waals surface area contributed by atoms with Crippen LogP contribution in [0.25, 0.3) is 0 Å². The fourth-order valence-electron chi connectivity index (χ4n) is 4.35. The summed E-state index contributed by atoms with van der Waals surface area (Å²) in [5.41, 5.74) is -1.67. The van der Waals surface area contributed by atoms with Crippen LogP contribution in [0, 0.1) is 11.8 Å². The molecule has 3 aliphatic rings. The number of carbonyl (C=O) groups is 1. The van der Waals surface area contributed by atoms with E-state index in [-0.39, 0.29) is 25.1 Å². The van der Waals surface area contributed by atoms with Crippen molar-refractivity contribution in [1.82, 2.24) is 14.9 Å². The molecule has 0 spiro atoms. The molecule has 142 valence electrons. The molecule has 1 aliphatic heterocycles. The first-order valence-electron chi connectivity index (χ1n) is 8.99. The molecule has 1 saturated heterocycles. The Hall–Kier alpha value is -1.90. The molecular formula is C17H21F3N4O2. The number of hydrogen-bond donors (Lipinski definition) is 1. The van der Waals surface area contributed by atoms with Gasteiger partial charge in [0, 0.05) is 25.3 Å². The van der Waals surface area contributed by atoms with Crippen molar-refractivity contribution < 1.29 is 22.7 Å². The number of hydrogen-bond acceptors (Lipinski definition) is 5. The highest BCUT2D eigenvalue weighted by Gasteiger charge is 2.42. The van der Waals surface area contributed by atoms with Gasteiger partial charge in [0.15, 0.2) is 5.69 Å². The number of halogens is 3. The van der Waals surface area contributed by atoms with Crippen LogP contribution in [0.2, 0.25) is 0 Å². The van der Waals surface area contributed by atoms with Crippen LogP contribution in [0.3, 0.4) is 0 Å². The van der Waals surface area contributed by atoms with E-state index in [9.17, 15) is 18.0 Å². The smallest absolute Gasteiger partial charge is 0.378 e. The number of ether oxygens (including phenoxy) is 1. The van der Waals surface area contributed by atoms with Crippen molar-refractivity contribution in [2.24, 2.45) is 11.8 Å². The van der Waals surface area contributed by atoms with Crippen molar-refractivity contribution in [3.63, 3.8) is 0 Å². The van der Waals surface area contributed by atoms with Crippen LogP contribution in [0.15, 0.2) is 6.20 Å². The molecule has 2 aliphatic carbocycles. The summed E-state index contributed by atoms with van der Waals surface area (Å²) in [5, 5.41) is 3.06. The SMILES string of the molecule is O=C(c1cnc(N[C@H]2C[C@@H]3CC[C@H]2C3)nc1C(F)(F)F)N1CCOCC1. The van der Waals surface area contributed by atoms with Crippen molar-refractivity contribution >= 4 is 11.9 Å². The van der Waals surface area contributed by atoms with E-state index in [1.807, 2.05) is 0 Å². The van der Waals surface area contributed by atoms with E-state index < -0.39 is 23.3 Å². The Balaban J connectivity index is 1.57. The van der Waals surface area contributed by atoms with E-state index in [1.54, 1.807) is 0 Å². The first-order valence-corrected chi connectivity index (χ1v) is 8.99. The molecule has 0 unspecified atom stereocenters. The summed E-state index contributed by atoms with van der Waals surface area (Å²) in [5.74, 6) is 0.384. The minimum absolute atomic E-state index is 0.0478. The second kappa shape index (κ2) is 6.68. The number of aromatic nitrogens is 2. The Morgan fingerprint density at radius 3 is 2.62 bits per heavy atom. The van der Waals surface area contributed by atoms with Crippen molar-refractivity contribution in [2.45, 2.75) is 37.9 Å². The van der Waals surface area contributed by atoms with Gasteiger partial charge < -0.3 is 15.0 Å². The Labute approximate surface area is 149 Å². The molecule has 4 rings (SSSR count). The van der Waals surface area contributed by atoms with E-state index in [1.165, 1.54) is 11.3 Å². The maximum Gasteiger partial charge on any atom is 0.434 e. The quantitative estimate of drug-likeness (QED) is 0.886. The number of nitrogens with one attached hydrogen (secondary N) is 1. The molecule has 1 amide bonds. The highest BCUT2D eigenvalue weighted by Crippen LogP contribution is 2.45. The van der Waals surface area contributed by atoms with Crippen LogP contribution in [0.1, 0.15) is 41.7 Å². The Kier molecular flexibility index (Phi) is 4.50. The lowest BCUT2D eigenvalue weighted by Gasteiger charge is -2.28. The maximum atomic E-state index is 13.5. The molecular weight excluding hydrogens is 349 g/mol. The molecule has 2 saturated carbocycles. The number of anilines is 1. The minimum atomic E-state index is -4.72. The topological polar surface area (TPSA) is 67.4 Å². The van der Waals surface area contributed by atoms with Gasteiger partial charge in [-0.25, -0.2) is 9.97 Å². The molecule has 26 heavy (non-hydrogen) atoms. The summed E-state index contributed by atoms with van der Waals surface area (Å²) in [7, 11) is 0. The fraction of sp³-hybridized carbons (Fsp3) is 0.706. The summed E-state index contributed by atoms with van der Waals surface area (Å²) >= 11 is 0. The van der Waals surface area contributed by atoms with Gasteiger partial charge in [-0.15, -0.1) is 0 Å². The van der Waals surface area contributed by atoms with Crippen LogP contribution >= 0.6 is 0 Å². The summed E-state index contributed by atoms with van der Waals surface area (Å²) in [4.78, 5) is 21.5. The molecule has 9 heteroatoms. The number of morpholine rings is 1. The predicted molar refractivity (Wildman–Crippen MR) is 86.6 cm³/mol. The lowest BCUT2D eigenvalue weighted by molar-refractivity contribution is -0.141. The number of nitrogens with zero attached hydrogens (tertiary/aromatic N) is 3. The summed E-state index contributed by atoms with van der Waals surface area (Å²) in [6, 6.07) is 0.121. The second-order valence-corrected chi connectivity index (χ2v) is 7.28. The summed E-state index contributed by atoms with van der Waals surface area (Å²) in [6.07, 6.45) is 0.655. The highest BCUT2D eigenvalue weighted by atomic mass is 19.4. The summed E-state index contributed by atoms with van der Waals surface area (Å²) < 4.78 is 45.7. The zero-order valence-corrected chi connectivity index (χ0v) is 14.3. The number of amides is 1. The van der Waals surface area contributed by atoms with E-state index >= 15 is 0 Å². The lowest BCUT2D eigenvalue weighted by atomic mass is 9.95. The molecule has 6 nitrogen and oxygen atoms in total. The largest absolute Gasteiger partial charge is 0.434 e. The van der Waals surface area contributed by atoms with Crippen molar-refractivity contribution in [3.05, 3.63) is 17.5 Å². The zero-order chi connectivity index (χ0) is 18.3. The number of carbonyl (C=O) groups excluding carboxylic acids is 1. The monoisotopic (exact) mass is 370 g/mol. The van der Waals surface area contributed by atoms with Gasteiger partial charge in [-0.3, -0.25) is 4.79 Å². The molecule has 3 fully saturated rings. The highest BCUT2D eigenvalue weighted by molar-refractivity contribution is 5.95. The molecule has 2 heterocycles.